The lowest BCUT2D eigenvalue weighted by atomic mass is 9.92. The largest absolute Gasteiger partial charge is 0.386 e. The number of carbonyl (C=O) groups excluding carboxylic acids is 1. The van der Waals surface area contributed by atoms with Gasteiger partial charge in [0.2, 0.25) is 5.91 Å². The van der Waals surface area contributed by atoms with E-state index < -0.39 is 5.60 Å². The number of aliphatic hydroxyl groups is 1. The Bertz CT molecular complexity index is 1030. The molecule has 3 heterocycles. The second-order valence-corrected chi connectivity index (χ2v) is 7.78. The van der Waals surface area contributed by atoms with E-state index in [4.69, 9.17) is 0 Å². The monoisotopic (exact) mass is 394 g/mol. The van der Waals surface area contributed by atoms with Crippen molar-refractivity contribution in [2.75, 3.05) is 24.5 Å². The van der Waals surface area contributed by atoms with E-state index in [-0.39, 0.29) is 19.0 Å². The van der Waals surface area contributed by atoms with Crippen LogP contribution in [0.1, 0.15) is 24.4 Å². The standard InChI is InChI=1S/C21H26N6O2/c1-15-10-19(24-14-23-15)26-9-5-8-21(29,13-26)12-22-20(28)11-27-16(2)25-17-6-3-4-7-18(17)27/h3-4,6-7,10,14,29H,5,8-9,11-13H2,1-2H3,(H,22,28). The van der Waals surface area contributed by atoms with E-state index in [1.54, 1.807) is 0 Å². The third-order valence-corrected chi connectivity index (χ3v) is 5.43. The molecular weight excluding hydrogens is 368 g/mol. The maximum Gasteiger partial charge on any atom is 0.240 e. The second kappa shape index (κ2) is 7.79. The number of benzene rings is 1. The van der Waals surface area contributed by atoms with Gasteiger partial charge in [-0.25, -0.2) is 15.0 Å². The number of nitrogens with zero attached hydrogens (tertiary/aromatic N) is 5. The number of carbonyl (C=O) groups is 1. The number of anilines is 1. The zero-order chi connectivity index (χ0) is 20.4. The van der Waals surface area contributed by atoms with E-state index in [2.05, 4.69) is 25.2 Å². The fraction of sp³-hybridized carbons (Fsp3) is 0.429. The predicted molar refractivity (Wildman–Crippen MR) is 111 cm³/mol. The van der Waals surface area contributed by atoms with Crippen molar-refractivity contribution in [3.8, 4) is 0 Å². The Hall–Kier alpha value is -3.00. The molecule has 0 saturated carbocycles. The van der Waals surface area contributed by atoms with Crippen LogP contribution in [0.4, 0.5) is 5.82 Å². The number of amides is 1. The first-order valence-corrected chi connectivity index (χ1v) is 9.88. The summed E-state index contributed by atoms with van der Waals surface area (Å²) >= 11 is 0. The highest BCUT2D eigenvalue weighted by Gasteiger charge is 2.34. The predicted octanol–water partition coefficient (Wildman–Crippen LogP) is 1.59. The Balaban J connectivity index is 1.39. The van der Waals surface area contributed by atoms with Crippen LogP contribution in [0, 0.1) is 13.8 Å². The number of aryl methyl sites for hydroxylation is 2. The Morgan fingerprint density at radius 1 is 1.28 bits per heavy atom. The van der Waals surface area contributed by atoms with Gasteiger partial charge in [0.25, 0.3) is 0 Å². The molecule has 4 rings (SSSR count). The summed E-state index contributed by atoms with van der Waals surface area (Å²) in [5.41, 5.74) is 1.71. The van der Waals surface area contributed by atoms with Crippen LogP contribution in [0.5, 0.6) is 0 Å². The van der Waals surface area contributed by atoms with Gasteiger partial charge >= 0.3 is 0 Å². The summed E-state index contributed by atoms with van der Waals surface area (Å²) in [5, 5.41) is 14.0. The molecule has 29 heavy (non-hydrogen) atoms. The lowest BCUT2D eigenvalue weighted by Crippen LogP contribution is -2.54. The highest BCUT2D eigenvalue weighted by molar-refractivity contribution is 5.81. The van der Waals surface area contributed by atoms with Gasteiger partial charge in [-0.2, -0.15) is 0 Å². The molecule has 1 unspecified atom stereocenters. The number of imidazole rings is 1. The summed E-state index contributed by atoms with van der Waals surface area (Å²) in [7, 11) is 0. The van der Waals surface area contributed by atoms with Gasteiger partial charge in [-0.05, 0) is 38.8 Å². The molecule has 1 fully saturated rings. The first-order chi connectivity index (χ1) is 13.9. The highest BCUT2D eigenvalue weighted by atomic mass is 16.3. The average molecular weight is 394 g/mol. The average Bonchev–Trinajstić information content (AvgIpc) is 3.02. The zero-order valence-corrected chi connectivity index (χ0v) is 16.8. The van der Waals surface area contributed by atoms with Gasteiger partial charge in [0.05, 0.1) is 16.6 Å². The smallest absolute Gasteiger partial charge is 0.240 e. The summed E-state index contributed by atoms with van der Waals surface area (Å²) in [5.74, 6) is 1.46. The lowest BCUT2D eigenvalue weighted by Gasteiger charge is -2.39. The van der Waals surface area contributed by atoms with Crippen molar-refractivity contribution in [2.45, 2.75) is 38.8 Å². The molecule has 152 valence electrons. The first kappa shape index (κ1) is 19.3. The third kappa shape index (κ3) is 4.22. The summed E-state index contributed by atoms with van der Waals surface area (Å²) in [6, 6.07) is 9.68. The van der Waals surface area contributed by atoms with E-state index in [0.717, 1.165) is 41.3 Å². The summed E-state index contributed by atoms with van der Waals surface area (Å²) < 4.78 is 1.89. The van der Waals surface area contributed by atoms with Gasteiger partial charge in [-0.1, -0.05) is 12.1 Å². The number of aromatic nitrogens is 4. The van der Waals surface area contributed by atoms with Crippen LogP contribution < -0.4 is 10.2 Å². The first-order valence-electron chi connectivity index (χ1n) is 9.88. The van der Waals surface area contributed by atoms with E-state index in [0.29, 0.717) is 13.0 Å². The van der Waals surface area contributed by atoms with Crippen LogP contribution in [0.15, 0.2) is 36.7 Å². The topological polar surface area (TPSA) is 96.2 Å². The molecule has 1 aliphatic heterocycles. The van der Waals surface area contributed by atoms with E-state index in [9.17, 15) is 9.90 Å². The fourth-order valence-corrected chi connectivity index (χ4v) is 3.92. The van der Waals surface area contributed by atoms with Crippen LogP contribution in [-0.2, 0) is 11.3 Å². The number of rotatable bonds is 5. The van der Waals surface area contributed by atoms with E-state index in [1.165, 1.54) is 6.33 Å². The third-order valence-electron chi connectivity index (χ3n) is 5.43. The molecule has 2 N–H and O–H groups in total. The Morgan fingerprint density at radius 3 is 2.93 bits per heavy atom. The second-order valence-electron chi connectivity index (χ2n) is 7.78. The molecule has 0 aliphatic carbocycles. The minimum absolute atomic E-state index is 0.139. The minimum Gasteiger partial charge on any atom is -0.386 e. The SMILES string of the molecule is Cc1cc(N2CCCC(O)(CNC(=O)Cn3c(C)nc4ccccc43)C2)ncn1. The molecule has 1 aliphatic rings. The molecule has 1 amide bonds. The van der Waals surface area contributed by atoms with E-state index >= 15 is 0 Å². The fourth-order valence-electron chi connectivity index (χ4n) is 3.92. The molecule has 0 radical (unpaired) electrons. The van der Waals surface area contributed by atoms with Crippen molar-refractivity contribution >= 4 is 22.8 Å². The molecule has 0 bridgehead atoms. The molecule has 0 spiro atoms. The van der Waals surface area contributed by atoms with E-state index in [1.807, 2.05) is 48.7 Å². The molecule has 3 aromatic rings. The molecule has 8 nitrogen and oxygen atoms in total. The quantitative estimate of drug-likeness (QED) is 0.682. The normalized spacial score (nSPS) is 19.5. The maximum absolute atomic E-state index is 12.6. The van der Waals surface area contributed by atoms with Crippen LogP contribution >= 0.6 is 0 Å². The molecular formula is C21H26N6O2. The molecule has 1 aromatic carbocycles. The number of para-hydroxylation sites is 2. The van der Waals surface area contributed by atoms with Gasteiger partial charge in [-0.15, -0.1) is 0 Å². The summed E-state index contributed by atoms with van der Waals surface area (Å²) in [6.45, 7) is 5.45. The number of hydrogen-bond donors (Lipinski definition) is 2. The Kier molecular flexibility index (Phi) is 5.19. The van der Waals surface area contributed by atoms with Gasteiger partial charge in [-0.3, -0.25) is 4.79 Å². The number of fused-ring (bicyclic) bond motifs is 1. The lowest BCUT2D eigenvalue weighted by molar-refractivity contribution is -0.123. The number of β-amino-alcohol motifs (C(OH)–C–C–N with tert-alkyl or cyclic N) is 1. The van der Waals surface area contributed by atoms with Crippen molar-refractivity contribution in [3.63, 3.8) is 0 Å². The number of piperidine rings is 1. The van der Waals surface area contributed by atoms with Crippen LogP contribution in [-0.4, -0.2) is 55.8 Å². The Labute approximate surface area is 169 Å². The molecule has 1 saturated heterocycles. The Morgan fingerprint density at radius 2 is 2.10 bits per heavy atom. The van der Waals surface area contributed by atoms with Crippen LogP contribution in [0.3, 0.4) is 0 Å². The van der Waals surface area contributed by atoms with Gasteiger partial charge < -0.3 is 19.9 Å². The molecule has 1 atom stereocenters. The van der Waals surface area contributed by atoms with Gasteiger partial charge in [0.15, 0.2) is 0 Å². The maximum atomic E-state index is 12.6. The van der Waals surface area contributed by atoms with Crippen molar-refractivity contribution < 1.29 is 9.90 Å². The molecule has 2 aromatic heterocycles. The number of hydrogen-bond acceptors (Lipinski definition) is 6. The van der Waals surface area contributed by atoms with Crippen molar-refractivity contribution in [3.05, 3.63) is 48.2 Å². The zero-order valence-electron chi connectivity index (χ0n) is 16.8. The van der Waals surface area contributed by atoms with Crippen molar-refractivity contribution in [1.82, 2.24) is 24.8 Å². The minimum atomic E-state index is -0.987. The van der Waals surface area contributed by atoms with Crippen molar-refractivity contribution in [2.24, 2.45) is 0 Å². The highest BCUT2D eigenvalue weighted by Crippen LogP contribution is 2.24. The van der Waals surface area contributed by atoms with Crippen LogP contribution in [0.2, 0.25) is 0 Å². The van der Waals surface area contributed by atoms with Gasteiger partial charge in [0.1, 0.15) is 24.5 Å². The summed E-state index contributed by atoms with van der Waals surface area (Å²) in [6.07, 6.45) is 3.01. The summed E-state index contributed by atoms with van der Waals surface area (Å²) in [4.78, 5) is 27.6. The number of nitrogens with one attached hydrogen (secondary N) is 1. The van der Waals surface area contributed by atoms with Crippen LogP contribution in [0.25, 0.3) is 11.0 Å². The molecule has 8 heteroatoms. The van der Waals surface area contributed by atoms with Crippen molar-refractivity contribution in [1.29, 1.82) is 0 Å². The van der Waals surface area contributed by atoms with Gasteiger partial charge in [0, 0.05) is 31.4 Å².